The maximum Gasteiger partial charge on any atom is 0.305 e. The van der Waals surface area contributed by atoms with Crippen molar-refractivity contribution in [3.63, 3.8) is 0 Å². The smallest absolute Gasteiger partial charge is 0.305 e. The first-order chi connectivity index (χ1) is 57.9. The van der Waals surface area contributed by atoms with Crippen LogP contribution in [0.15, 0.2) is 18.2 Å². The Balaban J connectivity index is 2.03. The zero-order valence-corrected chi connectivity index (χ0v) is 76.9. The topological polar surface area (TPSA) is 519 Å². The number of likely N-dealkylation sites (N-methyl/N-ethyl adjacent to an activating group) is 7. The van der Waals surface area contributed by atoms with E-state index in [1.165, 1.54) is 99.8 Å². The molecule has 2 aromatic rings. The average molecular weight is 1750 g/mol. The maximum absolute atomic E-state index is 15.7. The number of hydrogen-bond donors (Lipinski definition) is 13. The van der Waals surface area contributed by atoms with Crippen LogP contribution in [0, 0.1) is 41.4 Å². The summed E-state index contributed by atoms with van der Waals surface area (Å²) in [7, 11) is 9.59. The molecule has 1 aromatic carbocycles. The Bertz CT molecular complexity index is 4040. The second-order valence-electron chi connectivity index (χ2n) is 34.8. The lowest BCUT2D eigenvalue weighted by Gasteiger charge is -2.41. The summed E-state index contributed by atoms with van der Waals surface area (Å²) in [6.45, 7) is 26.6. The van der Waals surface area contributed by atoms with Crippen molar-refractivity contribution in [2.45, 2.75) is 254 Å². The predicted octanol–water partition coefficient (Wildman–Crippen LogP) is 0.158. The van der Waals surface area contributed by atoms with Crippen LogP contribution in [0.2, 0.25) is 0 Å². The average Bonchev–Trinajstić information content (AvgIpc) is 1.05. The molecule has 1 aromatic heterocycles. The van der Waals surface area contributed by atoms with Crippen LogP contribution in [0.5, 0.6) is 0 Å². The van der Waals surface area contributed by atoms with Crippen LogP contribution in [0.4, 0.5) is 0 Å². The molecule has 1 aliphatic rings. The lowest BCUT2D eigenvalue weighted by molar-refractivity contribution is -0.157. The summed E-state index contributed by atoms with van der Waals surface area (Å²) in [5.74, 6) is -14.9. The van der Waals surface area contributed by atoms with Gasteiger partial charge in [-0.3, -0.25) is 86.3 Å². The lowest BCUT2D eigenvalue weighted by atomic mass is 9.91. The van der Waals surface area contributed by atoms with Crippen LogP contribution >= 0.6 is 0 Å². The summed E-state index contributed by atoms with van der Waals surface area (Å²) in [6.07, 6.45) is -2.36. The number of carboxylic acid groups (broad SMARTS) is 1. The Hall–Kier alpha value is -10.9. The number of amides is 17. The summed E-state index contributed by atoms with van der Waals surface area (Å²) >= 11 is 0. The molecule has 0 aliphatic carbocycles. The SMILES string of the molecule is CC[C@@H]1NC(=O)[C@H]([C@H](O)[C@H](C)Cc2nc3ccc(C(=O)NCCC(=O)NCCC(=O)NCCC(=O)NCCC(=O)NCCC(=O)NCCC(=O)O)cc3[nH]2)N(C)C(=O)[C@H](C(C)C)N(C)C(=O)[C@H](CC(C)C)N(C)C(=O)[C@H](CC(C)C)N(C)C(=O)[C@@H](C)NC(=O)[C@H](C)NC(=O)[C@H](CC(C)C)N(C)C(=O)[C@H](C(C)C)NC(=O)[C@H](CC(C)C)N(C)C(=O)CN(C)C1=O. The molecular formula is C85H141N19O20. The van der Waals surface area contributed by atoms with Gasteiger partial charge in [0.15, 0.2) is 0 Å². The molecule has 2 heterocycles. The fraction of sp³-hybridized carbons (Fsp3) is 0.706. The fourth-order valence-electron chi connectivity index (χ4n) is 14.3. The van der Waals surface area contributed by atoms with Crippen LogP contribution in [0.1, 0.15) is 198 Å². The first-order valence-corrected chi connectivity index (χ1v) is 42.9. The second kappa shape index (κ2) is 51.4. The van der Waals surface area contributed by atoms with Crippen molar-refractivity contribution in [3.8, 4) is 0 Å². The highest BCUT2D eigenvalue weighted by Crippen LogP contribution is 2.27. The number of H-pyrrole nitrogens is 1. The molecule has 3 rings (SSSR count). The summed E-state index contributed by atoms with van der Waals surface area (Å²) in [6, 6.07) is -8.78. The first-order valence-electron chi connectivity index (χ1n) is 42.9. The van der Waals surface area contributed by atoms with E-state index < -0.39 is 197 Å². The van der Waals surface area contributed by atoms with Crippen molar-refractivity contribution in [2.24, 2.45) is 41.4 Å². The Labute approximate surface area is 728 Å². The van der Waals surface area contributed by atoms with Crippen molar-refractivity contribution < 1.29 is 96.5 Å². The number of aliphatic carboxylic acids is 1. The van der Waals surface area contributed by atoms with Gasteiger partial charge in [-0.2, -0.15) is 0 Å². The van der Waals surface area contributed by atoms with Gasteiger partial charge in [0.05, 0.1) is 30.1 Å². The van der Waals surface area contributed by atoms with Gasteiger partial charge in [-0.1, -0.05) is 96.9 Å². The van der Waals surface area contributed by atoms with E-state index in [1.54, 1.807) is 47.6 Å². The van der Waals surface area contributed by atoms with Gasteiger partial charge in [0.1, 0.15) is 66.2 Å². The number of imidazole rings is 1. The number of carbonyl (C=O) groups is 18. The number of nitrogens with one attached hydrogen (secondary N) is 11. The van der Waals surface area contributed by atoms with E-state index in [4.69, 9.17) is 10.1 Å². The zero-order valence-electron chi connectivity index (χ0n) is 76.9. The highest BCUT2D eigenvalue weighted by molar-refractivity contribution is 6.01. The molecule has 1 fully saturated rings. The van der Waals surface area contributed by atoms with Gasteiger partial charge in [0, 0.05) is 133 Å². The number of aliphatic hydroxyl groups is 1. The number of carboxylic acids is 1. The van der Waals surface area contributed by atoms with E-state index in [9.17, 15) is 72.2 Å². The van der Waals surface area contributed by atoms with E-state index in [1.807, 2.05) is 55.4 Å². The van der Waals surface area contributed by atoms with Crippen LogP contribution < -0.4 is 53.2 Å². The van der Waals surface area contributed by atoms with Gasteiger partial charge >= 0.3 is 5.97 Å². The molecule has 39 nitrogen and oxygen atoms in total. The minimum absolute atomic E-state index is 0.00321. The lowest BCUT2D eigenvalue weighted by Crippen LogP contribution is -2.63. The molecule has 0 bridgehead atoms. The Morgan fingerprint density at radius 1 is 0.444 bits per heavy atom. The quantitative estimate of drug-likeness (QED) is 0.0444. The molecular weight excluding hydrogens is 1610 g/mol. The Kier molecular flexibility index (Phi) is 44.5. The fourth-order valence-corrected chi connectivity index (χ4v) is 14.3. The van der Waals surface area contributed by atoms with Crippen molar-refractivity contribution >= 4 is 117 Å². The number of fused-ring (bicyclic) bond motifs is 1. The van der Waals surface area contributed by atoms with Crippen molar-refractivity contribution in [2.75, 3.05) is 95.1 Å². The summed E-state index contributed by atoms with van der Waals surface area (Å²) in [5.41, 5.74) is 0.938. The zero-order chi connectivity index (χ0) is 94.2. The van der Waals surface area contributed by atoms with Gasteiger partial charge in [-0.05, 0) is 106 Å². The van der Waals surface area contributed by atoms with Crippen LogP contribution in [-0.2, 0) is 87.9 Å². The van der Waals surface area contributed by atoms with Crippen molar-refractivity contribution in [1.82, 2.24) is 97.4 Å². The largest absolute Gasteiger partial charge is 0.481 e. The third-order valence-corrected chi connectivity index (χ3v) is 21.6. The molecule has 1 saturated heterocycles. The number of aliphatic hydroxyl groups excluding tert-OH is 1. The molecule has 0 radical (unpaired) electrons. The standard InChI is InChI=1S/C85H141N19O20/c1-24-56-81(120)98(17)45-69(110)99(18)59(39-46(2)3)78(117)97-71(50(10)11)84(123)100(19)60(40-47(4)5)77(116)92-53(15)75(114)93-54(16)80(119)101(20)61(41-48(6)7)82(121)102(21)62(42-49(8)9)83(122)103(22)72(51(12)13)85(124)104(23)73(79(118)96-56)74(113)52(14)43-63-94-57-26-25-55(44-58(57)95-63)76(115)91-37-31-68(109)89-35-29-66(107)87-33-27-64(105)86-34-28-65(106)88-36-30-67(108)90-38-32-70(111)112/h25-26,44,46-54,56,59-62,71-74,113H,24,27-43,45H2,1-23H3,(H,86,105)(H,87,107)(H,88,106)(H,89,109)(H,90,108)(H,91,115)(H,92,116)(H,93,114)(H,94,95)(H,96,118)(H,97,117)(H,111,112)/t52-,53+,54-,56+,59+,60+,61+,62+,71+,72+,73+,74-/m1/s1. The molecule has 17 amide bonds. The summed E-state index contributed by atoms with van der Waals surface area (Å²) < 4.78 is 0. The molecule has 13 N–H and O–H groups in total. The number of rotatable bonds is 34. The van der Waals surface area contributed by atoms with Gasteiger partial charge in [-0.25, -0.2) is 4.98 Å². The third kappa shape index (κ3) is 33.6. The monoisotopic (exact) mass is 1750 g/mol. The molecule has 12 atom stereocenters. The molecule has 39 heteroatoms. The Morgan fingerprint density at radius 3 is 1.29 bits per heavy atom. The molecule has 0 saturated carbocycles. The number of hydrogen-bond acceptors (Lipinski definition) is 20. The summed E-state index contributed by atoms with van der Waals surface area (Å²) in [5, 5.41) is 47.8. The second-order valence-corrected chi connectivity index (χ2v) is 34.8. The van der Waals surface area contributed by atoms with Gasteiger partial charge < -0.3 is 103 Å². The molecule has 1 aliphatic heterocycles. The Morgan fingerprint density at radius 2 is 0.847 bits per heavy atom. The van der Waals surface area contributed by atoms with Gasteiger partial charge in [0.25, 0.3) is 5.91 Å². The van der Waals surface area contributed by atoms with Crippen LogP contribution in [-0.4, -0.2) is 323 Å². The number of nitrogens with zero attached hydrogens (tertiary/aromatic N) is 8. The summed E-state index contributed by atoms with van der Waals surface area (Å²) in [4.78, 5) is 265. The highest BCUT2D eigenvalue weighted by Gasteiger charge is 2.46. The molecule has 696 valence electrons. The van der Waals surface area contributed by atoms with Gasteiger partial charge in [-0.15, -0.1) is 0 Å². The maximum atomic E-state index is 15.7. The normalized spacial score (nSPS) is 21.8. The van der Waals surface area contributed by atoms with Crippen LogP contribution in [0.25, 0.3) is 11.0 Å². The van der Waals surface area contributed by atoms with Gasteiger partial charge in [0.2, 0.25) is 94.5 Å². The number of aromatic amines is 1. The minimum atomic E-state index is -1.85. The predicted molar refractivity (Wildman–Crippen MR) is 462 cm³/mol. The highest BCUT2D eigenvalue weighted by atomic mass is 16.4. The van der Waals surface area contributed by atoms with E-state index in [-0.39, 0.29) is 151 Å². The van der Waals surface area contributed by atoms with E-state index >= 15 is 19.2 Å². The van der Waals surface area contributed by atoms with Crippen LogP contribution in [0.3, 0.4) is 0 Å². The number of aromatic nitrogens is 2. The van der Waals surface area contributed by atoms with E-state index in [0.29, 0.717) is 11.0 Å². The third-order valence-electron chi connectivity index (χ3n) is 21.6. The van der Waals surface area contributed by atoms with E-state index in [2.05, 4.69) is 58.2 Å². The number of benzene rings is 1. The van der Waals surface area contributed by atoms with E-state index in [0.717, 1.165) is 9.80 Å². The number of carbonyl (C=O) groups excluding carboxylic acids is 17. The first kappa shape index (κ1) is 107. The molecule has 0 spiro atoms. The van der Waals surface area contributed by atoms with Crippen molar-refractivity contribution in [3.05, 3.63) is 29.6 Å². The van der Waals surface area contributed by atoms with Crippen molar-refractivity contribution in [1.29, 1.82) is 0 Å². The minimum Gasteiger partial charge on any atom is -0.481 e. The molecule has 124 heavy (non-hydrogen) atoms. The molecule has 0 unspecified atom stereocenters.